The van der Waals surface area contributed by atoms with E-state index < -0.39 is 0 Å². The fourth-order valence-corrected chi connectivity index (χ4v) is 1.49. The third-order valence-corrected chi connectivity index (χ3v) is 2.45. The van der Waals surface area contributed by atoms with Gasteiger partial charge in [-0.15, -0.1) is 6.42 Å². The van der Waals surface area contributed by atoms with Gasteiger partial charge in [0.25, 0.3) is 0 Å². The smallest absolute Gasteiger partial charge is 0.0727 e. The predicted molar refractivity (Wildman–Crippen MR) is 66.1 cm³/mol. The molecule has 1 N–H and O–H groups in total. The number of hydrogen-bond donors (Lipinski definition) is 1. The summed E-state index contributed by atoms with van der Waals surface area (Å²) in [5.41, 5.74) is 1.21. The minimum atomic E-state index is 0.117. The molecule has 0 aliphatic heterocycles. The van der Waals surface area contributed by atoms with E-state index in [4.69, 9.17) is 18.0 Å². The van der Waals surface area contributed by atoms with Crippen molar-refractivity contribution in [3.8, 4) is 12.3 Å². The van der Waals surface area contributed by atoms with E-state index in [9.17, 15) is 0 Å². The van der Waals surface area contributed by atoms with Crippen LogP contribution in [0.25, 0.3) is 0 Å². The van der Waals surface area contributed by atoms with Gasteiger partial charge in [0.1, 0.15) is 0 Å². The van der Waals surface area contributed by atoms with E-state index in [0.717, 1.165) is 24.4 Å². The highest BCUT2D eigenvalue weighted by Gasteiger charge is 2.04. The van der Waals surface area contributed by atoms with Crippen LogP contribution in [0.4, 0.5) is 0 Å². The Balaban J connectivity index is 2.52. The fourth-order valence-electron chi connectivity index (χ4n) is 1.36. The molecule has 1 rings (SSSR count). The topological polar surface area (TPSA) is 12.0 Å². The van der Waals surface area contributed by atoms with Crippen molar-refractivity contribution in [1.29, 1.82) is 0 Å². The molecule has 0 radical (unpaired) electrons. The molecule has 1 unspecified atom stereocenters. The molecule has 1 atom stereocenters. The van der Waals surface area contributed by atoms with Crippen molar-refractivity contribution in [2.45, 2.75) is 25.8 Å². The van der Waals surface area contributed by atoms with Gasteiger partial charge in [-0.3, -0.25) is 0 Å². The molecule has 1 aromatic carbocycles. The lowest BCUT2D eigenvalue weighted by Crippen LogP contribution is -2.30. The van der Waals surface area contributed by atoms with E-state index in [1.807, 2.05) is 24.3 Å². The number of nitrogens with one attached hydrogen (secondary N) is 1. The van der Waals surface area contributed by atoms with E-state index in [0.29, 0.717) is 0 Å². The lowest BCUT2D eigenvalue weighted by atomic mass is 10.1. The lowest BCUT2D eigenvalue weighted by Gasteiger charge is -2.12. The molecule has 0 amide bonds. The monoisotopic (exact) mass is 221 g/mol. The first-order valence-corrected chi connectivity index (χ1v) is 5.58. The van der Waals surface area contributed by atoms with Gasteiger partial charge in [0, 0.05) is 5.02 Å². The van der Waals surface area contributed by atoms with Crippen LogP contribution in [0.1, 0.15) is 18.9 Å². The number of rotatable bonds is 5. The molecule has 0 saturated carbocycles. The summed E-state index contributed by atoms with van der Waals surface area (Å²) < 4.78 is 0. The zero-order valence-electron chi connectivity index (χ0n) is 8.96. The zero-order chi connectivity index (χ0) is 11.1. The number of benzene rings is 1. The molecule has 15 heavy (non-hydrogen) atoms. The van der Waals surface area contributed by atoms with Crippen LogP contribution in [0, 0.1) is 12.3 Å². The molecule has 0 aromatic heterocycles. The van der Waals surface area contributed by atoms with E-state index >= 15 is 0 Å². The quantitative estimate of drug-likeness (QED) is 0.754. The average Bonchev–Trinajstić information content (AvgIpc) is 2.27. The largest absolute Gasteiger partial charge is 0.303 e. The van der Waals surface area contributed by atoms with Gasteiger partial charge in [-0.05, 0) is 37.1 Å². The minimum Gasteiger partial charge on any atom is -0.303 e. The summed E-state index contributed by atoms with van der Waals surface area (Å²) in [4.78, 5) is 0. The number of hydrogen-bond acceptors (Lipinski definition) is 1. The first kappa shape index (κ1) is 12.1. The second-order valence-corrected chi connectivity index (χ2v) is 3.94. The van der Waals surface area contributed by atoms with Crippen LogP contribution >= 0.6 is 11.6 Å². The summed E-state index contributed by atoms with van der Waals surface area (Å²) in [5, 5.41) is 4.07. The first-order chi connectivity index (χ1) is 7.26. The highest BCUT2D eigenvalue weighted by molar-refractivity contribution is 6.30. The standard InChI is InChI=1S/C13H16ClN/c1-3-9-15-13(4-2)10-11-5-7-12(14)8-6-11/h2,5-8,13,15H,3,9-10H2,1H3. The van der Waals surface area contributed by atoms with Gasteiger partial charge in [-0.1, -0.05) is 36.6 Å². The SMILES string of the molecule is C#CC(Cc1ccc(Cl)cc1)NCCC. The molecular weight excluding hydrogens is 206 g/mol. The van der Waals surface area contributed by atoms with E-state index in [1.54, 1.807) is 0 Å². The molecule has 0 saturated heterocycles. The molecule has 0 fully saturated rings. The van der Waals surface area contributed by atoms with Gasteiger partial charge >= 0.3 is 0 Å². The van der Waals surface area contributed by atoms with Crippen LogP contribution in [0.15, 0.2) is 24.3 Å². The van der Waals surface area contributed by atoms with Gasteiger partial charge in [0.2, 0.25) is 0 Å². The Kier molecular flexibility index (Phi) is 5.25. The summed E-state index contributed by atoms with van der Waals surface area (Å²) in [6.07, 6.45) is 7.40. The minimum absolute atomic E-state index is 0.117. The van der Waals surface area contributed by atoms with Gasteiger partial charge in [0.05, 0.1) is 6.04 Å². The second kappa shape index (κ2) is 6.50. The molecule has 2 heteroatoms. The highest BCUT2D eigenvalue weighted by Crippen LogP contribution is 2.10. The van der Waals surface area contributed by atoms with Crippen LogP contribution in [0.2, 0.25) is 5.02 Å². The molecule has 1 aromatic rings. The van der Waals surface area contributed by atoms with Crippen LogP contribution < -0.4 is 5.32 Å². The summed E-state index contributed by atoms with van der Waals surface area (Å²) in [6.45, 7) is 3.09. The van der Waals surface area contributed by atoms with Crippen molar-refractivity contribution in [2.24, 2.45) is 0 Å². The molecule has 80 valence electrons. The van der Waals surface area contributed by atoms with Gasteiger partial charge in [-0.25, -0.2) is 0 Å². The third-order valence-electron chi connectivity index (χ3n) is 2.20. The summed E-state index contributed by atoms with van der Waals surface area (Å²) >= 11 is 5.81. The van der Waals surface area contributed by atoms with Crippen molar-refractivity contribution < 1.29 is 0 Å². The molecule has 0 aliphatic carbocycles. The van der Waals surface area contributed by atoms with Crippen molar-refractivity contribution in [1.82, 2.24) is 5.32 Å². The zero-order valence-corrected chi connectivity index (χ0v) is 9.72. The summed E-state index contributed by atoms with van der Waals surface area (Å²) in [6, 6.07) is 7.93. The maximum Gasteiger partial charge on any atom is 0.0727 e. The molecular formula is C13H16ClN. The Morgan fingerprint density at radius 3 is 2.60 bits per heavy atom. The van der Waals surface area contributed by atoms with Gasteiger partial charge in [0.15, 0.2) is 0 Å². The van der Waals surface area contributed by atoms with Crippen LogP contribution in [-0.4, -0.2) is 12.6 Å². The molecule has 1 nitrogen and oxygen atoms in total. The van der Waals surface area contributed by atoms with Crippen molar-refractivity contribution in [3.05, 3.63) is 34.9 Å². The second-order valence-electron chi connectivity index (χ2n) is 3.50. The van der Waals surface area contributed by atoms with E-state index in [-0.39, 0.29) is 6.04 Å². The Morgan fingerprint density at radius 2 is 2.07 bits per heavy atom. The third kappa shape index (κ3) is 4.38. The van der Waals surface area contributed by atoms with Crippen LogP contribution in [0.5, 0.6) is 0 Å². The van der Waals surface area contributed by atoms with Crippen molar-refractivity contribution in [2.75, 3.05) is 6.54 Å². The van der Waals surface area contributed by atoms with Crippen molar-refractivity contribution in [3.63, 3.8) is 0 Å². The number of halogens is 1. The Labute approximate surface area is 96.8 Å². The molecule has 0 bridgehead atoms. The van der Waals surface area contributed by atoms with Crippen LogP contribution in [-0.2, 0) is 6.42 Å². The molecule has 0 aliphatic rings. The first-order valence-electron chi connectivity index (χ1n) is 5.20. The van der Waals surface area contributed by atoms with E-state index in [2.05, 4.69) is 18.2 Å². The summed E-state index contributed by atoms with van der Waals surface area (Å²) in [5.74, 6) is 2.76. The predicted octanol–water partition coefficient (Wildman–Crippen LogP) is 2.88. The Hall–Kier alpha value is -0.970. The molecule has 0 spiro atoms. The van der Waals surface area contributed by atoms with Gasteiger partial charge < -0.3 is 5.32 Å². The maximum absolute atomic E-state index is 5.81. The van der Waals surface area contributed by atoms with E-state index in [1.165, 1.54) is 5.56 Å². The Morgan fingerprint density at radius 1 is 1.40 bits per heavy atom. The normalized spacial score (nSPS) is 12.1. The fraction of sp³-hybridized carbons (Fsp3) is 0.385. The van der Waals surface area contributed by atoms with Crippen molar-refractivity contribution >= 4 is 11.6 Å². The Bertz CT molecular complexity index is 323. The highest BCUT2D eigenvalue weighted by atomic mass is 35.5. The van der Waals surface area contributed by atoms with Crippen LogP contribution in [0.3, 0.4) is 0 Å². The van der Waals surface area contributed by atoms with Gasteiger partial charge in [-0.2, -0.15) is 0 Å². The average molecular weight is 222 g/mol. The molecule has 0 heterocycles. The maximum atomic E-state index is 5.81. The summed E-state index contributed by atoms with van der Waals surface area (Å²) in [7, 11) is 0. The lowest BCUT2D eigenvalue weighted by molar-refractivity contribution is 0.598. The number of terminal acetylenes is 1.